The largest absolute Gasteiger partial charge is 0.469 e. The Balaban J connectivity index is 1.48. The number of carbonyl (C=O) groups is 1. The number of hydrogen-bond acceptors (Lipinski definition) is 6. The highest BCUT2D eigenvalue weighted by atomic mass is 32.1. The van der Waals surface area contributed by atoms with E-state index in [9.17, 15) is 9.90 Å². The number of Topliss-reactive ketones (excluding diaryl/α,β-unsaturated/α-hetero) is 1. The van der Waals surface area contributed by atoms with Gasteiger partial charge < -0.3 is 9.84 Å². The molecule has 4 nitrogen and oxygen atoms in total. The van der Waals surface area contributed by atoms with Crippen LogP contribution < -0.4 is 10.1 Å². The molecule has 0 aliphatic heterocycles. The number of fused-ring (bicyclic) bond motifs is 1. The number of aryl methyl sites for hydroxylation is 2. The molecule has 0 saturated heterocycles. The van der Waals surface area contributed by atoms with Crippen molar-refractivity contribution in [3.05, 3.63) is 38.2 Å². The lowest BCUT2D eigenvalue weighted by molar-refractivity contribution is -0.0584. The van der Waals surface area contributed by atoms with Gasteiger partial charge in [0.2, 0.25) is 0 Å². The van der Waals surface area contributed by atoms with Gasteiger partial charge >= 0.3 is 0 Å². The number of carbonyl (C=O) groups excluding carboxylic acids is 1. The zero-order valence-corrected chi connectivity index (χ0v) is 15.9. The number of rotatable bonds is 5. The van der Waals surface area contributed by atoms with Crippen LogP contribution in [0.4, 0.5) is 0 Å². The van der Waals surface area contributed by atoms with Gasteiger partial charge in [-0.2, -0.15) is 0 Å². The molecular weight excluding hydrogens is 354 g/mol. The van der Waals surface area contributed by atoms with Crippen molar-refractivity contribution in [2.75, 3.05) is 6.54 Å². The van der Waals surface area contributed by atoms with E-state index in [1.165, 1.54) is 9.75 Å². The fourth-order valence-electron chi connectivity index (χ4n) is 3.94. The van der Waals surface area contributed by atoms with E-state index >= 15 is 0 Å². The average Bonchev–Trinajstić information content (AvgIpc) is 3.29. The Hall–Kier alpha value is -1.21. The summed E-state index contributed by atoms with van der Waals surface area (Å²) in [5.74, 6) is 0.970. The monoisotopic (exact) mass is 377 g/mol. The molecule has 6 heteroatoms. The first-order valence-corrected chi connectivity index (χ1v) is 10.6. The minimum atomic E-state index is -0.772. The van der Waals surface area contributed by atoms with E-state index < -0.39 is 11.8 Å². The van der Waals surface area contributed by atoms with E-state index in [2.05, 4.69) is 12.2 Å². The molecule has 1 saturated carbocycles. The Labute approximate surface area is 155 Å². The second-order valence-electron chi connectivity index (χ2n) is 7.03. The van der Waals surface area contributed by atoms with Crippen molar-refractivity contribution in [2.45, 2.75) is 50.9 Å². The van der Waals surface area contributed by atoms with E-state index in [0.717, 1.165) is 43.4 Å². The summed E-state index contributed by atoms with van der Waals surface area (Å²) in [6, 6.07) is 3.95. The molecule has 4 rings (SSSR count). The molecule has 2 aliphatic carbocycles. The summed E-state index contributed by atoms with van der Waals surface area (Å²) in [6.45, 7) is 2.61. The third kappa shape index (κ3) is 3.28. The highest BCUT2D eigenvalue weighted by Gasteiger charge is 2.45. The Kier molecular flexibility index (Phi) is 4.71. The summed E-state index contributed by atoms with van der Waals surface area (Å²) >= 11 is 3.31. The molecule has 2 N–H and O–H groups in total. The predicted octanol–water partition coefficient (Wildman–Crippen LogP) is 3.77. The average molecular weight is 378 g/mol. The van der Waals surface area contributed by atoms with Crippen molar-refractivity contribution in [3.8, 4) is 5.75 Å². The maximum Gasteiger partial charge on any atom is 0.187 e. The van der Waals surface area contributed by atoms with Crippen LogP contribution in [0.2, 0.25) is 0 Å². The molecule has 0 amide bonds. The van der Waals surface area contributed by atoms with Crippen LogP contribution >= 0.6 is 22.7 Å². The van der Waals surface area contributed by atoms with Crippen LogP contribution in [0.3, 0.4) is 0 Å². The van der Waals surface area contributed by atoms with Gasteiger partial charge in [-0.25, -0.2) is 0 Å². The van der Waals surface area contributed by atoms with Crippen LogP contribution in [-0.4, -0.2) is 29.3 Å². The summed E-state index contributed by atoms with van der Waals surface area (Å²) in [5.41, 5.74) is 0.131. The van der Waals surface area contributed by atoms with Gasteiger partial charge in [-0.15, -0.1) is 22.7 Å². The molecule has 2 aromatic rings. The van der Waals surface area contributed by atoms with Gasteiger partial charge in [0.25, 0.3) is 0 Å². The molecule has 2 heterocycles. The lowest BCUT2D eigenvalue weighted by Gasteiger charge is -2.36. The van der Waals surface area contributed by atoms with Gasteiger partial charge in [0, 0.05) is 39.6 Å². The zero-order valence-electron chi connectivity index (χ0n) is 14.3. The SMILES string of the molecule is Cc1cc2c(s1)CCC(CNC1(Oc3ccsc3)CCCC1O)C2=O. The maximum absolute atomic E-state index is 12.8. The first-order valence-electron chi connectivity index (χ1n) is 8.85. The van der Waals surface area contributed by atoms with Crippen molar-refractivity contribution in [1.29, 1.82) is 0 Å². The second-order valence-corrected chi connectivity index (χ2v) is 9.15. The third-order valence-electron chi connectivity index (χ3n) is 5.30. The van der Waals surface area contributed by atoms with Crippen molar-refractivity contribution in [1.82, 2.24) is 5.32 Å². The first kappa shape index (κ1) is 17.2. The molecule has 0 aromatic carbocycles. The Morgan fingerprint density at radius 3 is 3.04 bits per heavy atom. The third-order valence-corrected chi connectivity index (χ3v) is 7.07. The summed E-state index contributed by atoms with van der Waals surface area (Å²) in [6.07, 6.45) is 3.68. The zero-order chi connectivity index (χ0) is 17.4. The van der Waals surface area contributed by atoms with E-state index in [-0.39, 0.29) is 11.7 Å². The van der Waals surface area contributed by atoms with Crippen LogP contribution in [0, 0.1) is 12.8 Å². The highest BCUT2D eigenvalue weighted by Crippen LogP contribution is 2.35. The molecular formula is C19H23NO3S2. The number of thiophene rings is 2. The van der Waals surface area contributed by atoms with Gasteiger partial charge in [0.1, 0.15) is 11.9 Å². The topological polar surface area (TPSA) is 58.6 Å². The Morgan fingerprint density at radius 2 is 2.32 bits per heavy atom. The van der Waals surface area contributed by atoms with E-state index in [4.69, 9.17) is 4.74 Å². The minimum absolute atomic E-state index is 0.0442. The molecule has 1 fully saturated rings. The smallest absolute Gasteiger partial charge is 0.187 e. The van der Waals surface area contributed by atoms with Crippen LogP contribution in [0.15, 0.2) is 22.9 Å². The molecule has 25 heavy (non-hydrogen) atoms. The van der Waals surface area contributed by atoms with E-state index in [1.807, 2.05) is 22.9 Å². The number of ether oxygens (including phenoxy) is 1. The normalized spacial score (nSPS) is 29.0. The molecule has 2 aromatic heterocycles. The number of ketones is 1. The lowest BCUT2D eigenvalue weighted by Crippen LogP contribution is -2.57. The maximum atomic E-state index is 12.8. The van der Waals surface area contributed by atoms with Crippen LogP contribution in [-0.2, 0) is 6.42 Å². The van der Waals surface area contributed by atoms with Gasteiger partial charge in [0.15, 0.2) is 11.5 Å². The van der Waals surface area contributed by atoms with Gasteiger partial charge in [0.05, 0.1) is 0 Å². The van der Waals surface area contributed by atoms with Crippen molar-refractivity contribution >= 4 is 28.5 Å². The predicted molar refractivity (Wildman–Crippen MR) is 101 cm³/mol. The van der Waals surface area contributed by atoms with Crippen molar-refractivity contribution < 1.29 is 14.6 Å². The number of aliphatic hydroxyl groups excluding tert-OH is 1. The molecule has 0 spiro atoms. The van der Waals surface area contributed by atoms with Crippen molar-refractivity contribution in [3.63, 3.8) is 0 Å². The Morgan fingerprint density at radius 1 is 1.44 bits per heavy atom. The molecule has 3 unspecified atom stereocenters. The summed E-state index contributed by atoms with van der Waals surface area (Å²) < 4.78 is 6.16. The van der Waals surface area contributed by atoms with E-state index in [0.29, 0.717) is 6.54 Å². The van der Waals surface area contributed by atoms with Crippen LogP contribution in [0.1, 0.15) is 45.8 Å². The number of hydrogen-bond donors (Lipinski definition) is 2. The Bertz CT molecular complexity index is 755. The summed E-state index contributed by atoms with van der Waals surface area (Å²) in [7, 11) is 0. The molecule has 134 valence electrons. The van der Waals surface area contributed by atoms with Crippen LogP contribution in [0.5, 0.6) is 5.75 Å². The summed E-state index contributed by atoms with van der Waals surface area (Å²) in [5, 5.41) is 17.9. The standard InChI is InChI=1S/C19H23NO3S2/c1-12-9-15-16(25-12)5-4-13(18(15)22)10-20-19(7-2-3-17(19)21)23-14-6-8-24-11-14/h6,8-9,11,13,17,20-21H,2-5,7,10H2,1H3. The number of aliphatic hydroxyl groups is 1. The van der Waals surface area contributed by atoms with Crippen molar-refractivity contribution in [2.24, 2.45) is 5.92 Å². The fraction of sp³-hybridized carbons (Fsp3) is 0.526. The second kappa shape index (κ2) is 6.83. The number of nitrogens with one attached hydrogen (secondary N) is 1. The van der Waals surface area contributed by atoms with Crippen LogP contribution in [0.25, 0.3) is 0 Å². The summed E-state index contributed by atoms with van der Waals surface area (Å²) in [4.78, 5) is 15.2. The lowest BCUT2D eigenvalue weighted by atomic mass is 9.86. The molecule has 0 radical (unpaired) electrons. The molecule has 3 atom stereocenters. The molecule has 2 aliphatic rings. The van der Waals surface area contributed by atoms with Gasteiger partial charge in [-0.1, -0.05) is 0 Å². The van der Waals surface area contributed by atoms with Gasteiger partial charge in [-0.05, 0) is 50.1 Å². The van der Waals surface area contributed by atoms with Gasteiger partial charge in [-0.3, -0.25) is 10.1 Å². The minimum Gasteiger partial charge on any atom is -0.469 e. The van der Waals surface area contributed by atoms with E-state index in [1.54, 1.807) is 22.7 Å². The molecule has 0 bridgehead atoms. The quantitative estimate of drug-likeness (QED) is 0.779. The first-order chi connectivity index (χ1) is 12.1. The fourth-order valence-corrected chi connectivity index (χ4v) is 5.55. The highest BCUT2D eigenvalue weighted by molar-refractivity contribution is 7.12.